The van der Waals surface area contributed by atoms with Crippen molar-refractivity contribution in [1.29, 1.82) is 0 Å². The third-order valence-corrected chi connectivity index (χ3v) is 6.97. The first-order valence-electron chi connectivity index (χ1n) is 12.1. The fourth-order valence-corrected chi connectivity index (χ4v) is 5.12. The van der Waals surface area contributed by atoms with Gasteiger partial charge < -0.3 is 0 Å². The lowest BCUT2D eigenvalue weighted by atomic mass is 9.83. The van der Waals surface area contributed by atoms with E-state index in [0.29, 0.717) is 34.9 Å². The topological polar surface area (TPSA) is 84.6 Å². The predicted octanol–water partition coefficient (Wildman–Crippen LogP) is 3.90. The number of rotatable bonds is 6. The summed E-state index contributed by atoms with van der Waals surface area (Å²) in [5.41, 5.74) is 7.09. The Morgan fingerprint density at radius 3 is 2.77 bits per heavy atom. The minimum Gasteiger partial charge on any atom is -0.299 e. The minimum atomic E-state index is -0.511. The second-order valence-electron chi connectivity index (χ2n) is 9.33. The van der Waals surface area contributed by atoms with Crippen LogP contribution >= 0.6 is 0 Å². The number of carbonyl (C=O) groups is 1. The van der Waals surface area contributed by atoms with Crippen molar-refractivity contribution in [2.75, 3.05) is 25.1 Å². The number of nitrogens with zero attached hydrogens (tertiary/aromatic N) is 5. The molecular formula is C26H27FN6O2. The molecule has 1 fully saturated rings. The lowest BCUT2D eigenvalue weighted by molar-refractivity contribution is 0.0917. The fraction of sp³-hybridized carbons (Fsp3) is 0.385. The quantitative estimate of drug-likeness (QED) is 0.583. The van der Waals surface area contributed by atoms with Crippen LogP contribution in [-0.2, 0) is 17.9 Å². The molecule has 9 heteroatoms. The van der Waals surface area contributed by atoms with Crippen LogP contribution in [0.3, 0.4) is 0 Å². The summed E-state index contributed by atoms with van der Waals surface area (Å²) in [6.07, 6.45) is 3.17. The van der Waals surface area contributed by atoms with Crippen LogP contribution in [0.2, 0.25) is 0 Å². The Kier molecular flexibility index (Phi) is 5.66. The number of halogens is 1. The number of nitrogens with one attached hydrogen (secondary N) is 1. The van der Waals surface area contributed by atoms with Crippen LogP contribution in [0.15, 0.2) is 47.7 Å². The molecule has 0 saturated carbocycles. The summed E-state index contributed by atoms with van der Waals surface area (Å²) in [6, 6.07) is 11.0. The first-order valence-corrected chi connectivity index (χ1v) is 12.1. The number of aliphatic imine (C=N–C) groups is 1. The molecule has 6 rings (SSSR count). The molecule has 3 aromatic rings. The second kappa shape index (κ2) is 8.98. The molecule has 1 saturated heterocycles. The van der Waals surface area contributed by atoms with Crippen LogP contribution in [0, 0.1) is 5.82 Å². The molecule has 4 heterocycles. The SMILES string of the molecule is CCCn1ncnc1C1C2=NCC(=O)c3cc(F)cc(c32)NOC1c1ccc(CN2CCC2)cc1. The first kappa shape index (κ1) is 22.1. The first-order chi connectivity index (χ1) is 17.1. The van der Waals surface area contributed by atoms with E-state index < -0.39 is 17.8 Å². The highest BCUT2D eigenvalue weighted by molar-refractivity contribution is 6.20. The van der Waals surface area contributed by atoms with E-state index in [1.807, 2.05) is 4.68 Å². The minimum absolute atomic E-state index is 0.0366. The number of hydrogen-bond acceptors (Lipinski definition) is 7. The van der Waals surface area contributed by atoms with E-state index >= 15 is 0 Å². The van der Waals surface area contributed by atoms with Crippen molar-refractivity contribution in [2.45, 2.75) is 44.9 Å². The van der Waals surface area contributed by atoms with E-state index in [9.17, 15) is 9.18 Å². The van der Waals surface area contributed by atoms with Crippen LogP contribution in [-0.4, -0.2) is 50.8 Å². The summed E-state index contributed by atoms with van der Waals surface area (Å²) in [5.74, 6) is -0.436. The Balaban J connectivity index is 1.46. The number of hydrogen-bond donors (Lipinski definition) is 1. The molecule has 0 radical (unpaired) electrons. The molecule has 0 aliphatic carbocycles. The van der Waals surface area contributed by atoms with E-state index in [1.165, 1.54) is 30.4 Å². The maximum absolute atomic E-state index is 14.4. The Morgan fingerprint density at radius 2 is 2.03 bits per heavy atom. The summed E-state index contributed by atoms with van der Waals surface area (Å²) in [5, 5.41) is 4.44. The molecule has 1 N–H and O–H groups in total. The smallest absolute Gasteiger partial charge is 0.185 e. The van der Waals surface area contributed by atoms with Crippen LogP contribution < -0.4 is 5.48 Å². The van der Waals surface area contributed by atoms with Crippen molar-refractivity contribution in [2.24, 2.45) is 4.99 Å². The van der Waals surface area contributed by atoms with Crippen molar-refractivity contribution < 1.29 is 14.0 Å². The van der Waals surface area contributed by atoms with E-state index in [4.69, 9.17) is 9.83 Å². The van der Waals surface area contributed by atoms with Crippen molar-refractivity contribution in [3.8, 4) is 0 Å². The van der Waals surface area contributed by atoms with Gasteiger partial charge in [0.05, 0.1) is 17.3 Å². The highest BCUT2D eigenvalue weighted by Crippen LogP contribution is 2.43. The van der Waals surface area contributed by atoms with Gasteiger partial charge in [0.2, 0.25) is 0 Å². The maximum atomic E-state index is 14.4. The molecule has 3 aliphatic rings. The highest BCUT2D eigenvalue weighted by Gasteiger charge is 2.41. The largest absolute Gasteiger partial charge is 0.299 e. The second-order valence-corrected chi connectivity index (χ2v) is 9.33. The molecular weight excluding hydrogens is 447 g/mol. The lowest BCUT2D eigenvalue weighted by Gasteiger charge is -2.31. The van der Waals surface area contributed by atoms with Gasteiger partial charge in [0.15, 0.2) is 5.78 Å². The van der Waals surface area contributed by atoms with E-state index in [1.54, 1.807) is 0 Å². The third kappa shape index (κ3) is 3.94. The van der Waals surface area contributed by atoms with Gasteiger partial charge in [0, 0.05) is 24.2 Å². The monoisotopic (exact) mass is 474 g/mol. The molecule has 2 unspecified atom stereocenters. The third-order valence-electron chi connectivity index (χ3n) is 6.97. The van der Waals surface area contributed by atoms with E-state index in [2.05, 4.69) is 51.7 Å². The number of carbonyl (C=O) groups excluding carboxylic acids is 1. The number of aryl methyl sites for hydroxylation is 1. The van der Waals surface area contributed by atoms with Gasteiger partial charge >= 0.3 is 0 Å². The van der Waals surface area contributed by atoms with Gasteiger partial charge in [0.1, 0.15) is 30.6 Å². The normalized spacial score (nSPS) is 21.5. The van der Waals surface area contributed by atoms with Gasteiger partial charge in [-0.2, -0.15) is 5.10 Å². The van der Waals surface area contributed by atoms with Crippen molar-refractivity contribution in [3.63, 3.8) is 0 Å². The summed E-state index contributed by atoms with van der Waals surface area (Å²) in [7, 11) is 0. The van der Waals surface area contributed by atoms with Crippen LogP contribution in [0.4, 0.5) is 10.1 Å². The molecule has 35 heavy (non-hydrogen) atoms. The van der Waals surface area contributed by atoms with Crippen LogP contribution in [0.25, 0.3) is 0 Å². The van der Waals surface area contributed by atoms with Gasteiger partial charge in [-0.3, -0.25) is 25.0 Å². The lowest BCUT2D eigenvalue weighted by Crippen LogP contribution is -2.36. The summed E-state index contributed by atoms with van der Waals surface area (Å²) in [4.78, 5) is 30.6. The zero-order valence-corrected chi connectivity index (χ0v) is 19.6. The van der Waals surface area contributed by atoms with Crippen LogP contribution in [0.5, 0.6) is 0 Å². The van der Waals surface area contributed by atoms with E-state index in [-0.39, 0.29) is 12.3 Å². The molecule has 0 amide bonds. The Hall–Kier alpha value is -3.43. The van der Waals surface area contributed by atoms with Gasteiger partial charge in [-0.1, -0.05) is 31.2 Å². The average molecular weight is 475 g/mol. The molecule has 2 atom stereocenters. The summed E-state index contributed by atoms with van der Waals surface area (Å²) in [6.45, 7) is 5.95. The van der Waals surface area contributed by atoms with E-state index in [0.717, 1.165) is 31.6 Å². The predicted molar refractivity (Wildman–Crippen MR) is 129 cm³/mol. The number of anilines is 1. The molecule has 0 spiro atoms. The molecule has 1 aromatic heterocycles. The number of Topliss-reactive ketones (excluding diaryl/α,β-unsaturated/α-hetero) is 1. The summed E-state index contributed by atoms with van der Waals surface area (Å²) >= 11 is 0. The molecule has 2 aromatic carbocycles. The average Bonchev–Trinajstić information content (AvgIpc) is 3.21. The van der Waals surface area contributed by atoms with Crippen molar-refractivity contribution in [3.05, 3.63) is 76.6 Å². The molecule has 0 bridgehead atoms. The standard InChI is InChI=1S/C26H27FN6O2/c1-2-8-33-26(29-15-30-33)23-24-22-19(21(34)13-28-24)11-18(27)12-20(22)31-35-25(23)17-6-4-16(5-7-17)14-32-9-3-10-32/h4-7,11-12,15,23,25,31H,2-3,8-10,13-14H2,1H3. The summed E-state index contributed by atoms with van der Waals surface area (Å²) < 4.78 is 16.3. The zero-order chi connectivity index (χ0) is 23.9. The van der Waals surface area contributed by atoms with Crippen molar-refractivity contribution in [1.82, 2.24) is 19.7 Å². The van der Waals surface area contributed by atoms with Gasteiger partial charge in [-0.05, 0) is 49.2 Å². The van der Waals surface area contributed by atoms with Crippen LogP contribution in [0.1, 0.15) is 64.7 Å². The fourth-order valence-electron chi connectivity index (χ4n) is 5.12. The number of likely N-dealkylation sites (tertiary alicyclic amines) is 1. The Labute approximate surface area is 202 Å². The highest BCUT2D eigenvalue weighted by atomic mass is 19.1. The van der Waals surface area contributed by atoms with Gasteiger partial charge in [0.25, 0.3) is 0 Å². The van der Waals surface area contributed by atoms with Gasteiger partial charge in [-0.25, -0.2) is 14.1 Å². The maximum Gasteiger partial charge on any atom is 0.185 e. The molecule has 8 nitrogen and oxygen atoms in total. The van der Waals surface area contributed by atoms with Crippen molar-refractivity contribution >= 4 is 17.2 Å². The number of benzene rings is 2. The number of aromatic nitrogens is 3. The van der Waals surface area contributed by atoms with Gasteiger partial charge in [-0.15, -0.1) is 0 Å². The molecule has 3 aliphatic heterocycles. The zero-order valence-electron chi connectivity index (χ0n) is 19.6. The molecule has 180 valence electrons. The Morgan fingerprint density at radius 1 is 1.20 bits per heavy atom. The Bertz CT molecular complexity index is 1300. The number of ketones is 1.